The number of hydrogen-bond acceptors (Lipinski definition) is 4. The molecule has 0 radical (unpaired) electrons. The van der Waals surface area contributed by atoms with Gasteiger partial charge in [-0.15, -0.1) is 0 Å². The molecule has 3 rings (SSSR count). The zero-order chi connectivity index (χ0) is 12.7. The topological polar surface area (TPSA) is 72.6 Å². The predicted molar refractivity (Wildman–Crippen MR) is 62.9 cm³/mol. The number of nitrogens with zero attached hydrogens (tertiary/aromatic N) is 1. The number of ether oxygens (including phenoxy) is 1. The van der Waals surface area contributed by atoms with E-state index in [2.05, 4.69) is 5.16 Å². The summed E-state index contributed by atoms with van der Waals surface area (Å²) < 4.78 is 10.4. The molecular formula is C13H11NO4. The van der Waals surface area contributed by atoms with Gasteiger partial charge in [-0.1, -0.05) is 17.3 Å². The number of aromatic nitrogens is 1. The molecule has 0 amide bonds. The van der Waals surface area contributed by atoms with E-state index >= 15 is 0 Å². The Kier molecular flexibility index (Phi) is 2.33. The van der Waals surface area contributed by atoms with Gasteiger partial charge in [-0.2, -0.15) is 0 Å². The van der Waals surface area contributed by atoms with Gasteiger partial charge in [0, 0.05) is 12.0 Å². The van der Waals surface area contributed by atoms with Gasteiger partial charge >= 0.3 is 5.97 Å². The quantitative estimate of drug-likeness (QED) is 0.877. The van der Waals surface area contributed by atoms with Crippen LogP contribution in [-0.2, 0) is 12.8 Å². The largest absolute Gasteiger partial charge is 0.496 e. The van der Waals surface area contributed by atoms with Crippen LogP contribution in [0.5, 0.6) is 5.75 Å². The molecule has 0 aliphatic heterocycles. The zero-order valence-electron chi connectivity index (χ0n) is 9.77. The molecule has 0 atom stereocenters. The molecule has 2 aromatic rings. The Balaban J connectivity index is 2.27. The molecule has 92 valence electrons. The molecule has 1 heterocycles. The second-order valence-corrected chi connectivity index (χ2v) is 4.12. The molecule has 0 unspecified atom stereocenters. The first-order chi connectivity index (χ1) is 8.72. The van der Waals surface area contributed by atoms with Crippen LogP contribution in [0.15, 0.2) is 22.7 Å². The van der Waals surface area contributed by atoms with Crippen molar-refractivity contribution < 1.29 is 19.2 Å². The van der Waals surface area contributed by atoms with Crippen LogP contribution in [0.3, 0.4) is 0 Å². The number of hydrogen-bond donors (Lipinski definition) is 1. The maximum atomic E-state index is 11.1. The molecule has 5 heteroatoms. The molecule has 1 aromatic carbocycles. The van der Waals surface area contributed by atoms with Crippen molar-refractivity contribution >= 4 is 5.97 Å². The van der Waals surface area contributed by atoms with E-state index in [-0.39, 0.29) is 5.69 Å². The highest BCUT2D eigenvalue weighted by molar-refractivity contribution is 5.95. The zero-order valence-corrected chi connectivity index (χ0v) is 9.77. The molecule has 0 saturated heterocycles. The normalized spacial score (nSPS) is 12.7. The number of fused-ring (bicyclic) bond motifs is 3. The van der Waals surface area contributed by atoms with Gasteiger partial charge in [0.2, 0.25) is 0 Å². The Labute approximate surface area is 103 Å². The lowest BCUT2D eigenvalue weighted by molar-refractivity contribution is 0.0686. The number of rotatable bonds is 2. The molecule has 1 N–H and O–H groups in total. The number of aromatic carboxylic acids is 1. The number of aryl methyl sites for hydroxylation is 1. The third-order valence-electron chi connectivity index (χ3n) is 3.19. The summed E-state index contributed by atoms with van der Waals surface area (Å²) in [6.45, 7) is 0. The molecule has 1 aliphatic rings. The van der Waals surface area contributed by atoms with E-state index in [1.807, 2.05) is 18.2 Å². The van der Waals surface area contributed by atoms with Gasteiger partial charge in [0.05, 0.1) is 12.7 Å². The smallest absolute Gasteiger partial charge is 0.358 e. The SMILES string of the molecule is COc1cccc2c1CCc1onc(C(=O)O)c1-2. The Morgan fingerprint density at radius 2 is 2.28 bits per heavy atom. The number of carbonyl (C=O) groups is 1. The van der Waals surface area contributed by atoms with Crippen LogP contribution in [-0.4, -0.2) is 23.3 Å². The first-order valence-electron chi connectivity index (χ1n) is 5.60. The fraction of sp³-hybridized carbons (Fsp3) is 0.231. The van der Waals surface area contributed by atoms with Gasteiger partial charge < -0.3 is 14.4 Å². The second-order valence-electron chi connectivity index (χ2n) is 4.12. The average Bonchev–Trinajstić information content (AvgIpc) is 2.82. The minimum absolute atomic E-state index is 0.0285. The van der Waals surface area contributed by atoms with Crippen molar-refractivity contribution in [3.05, 3.63) is 35.2 Å². The van der Waals surface area contributed by atoms with Crippen LogP contribution >= 0.6 is 0 Å². The third-order valence-corrected chi connectivity index (χ3v) is 3.19. The molecule has 0 saturated carbocycles. The van der Waals surface area contributed by atoms with Crippen molar-refractivity contribution in [2.45, 2.75) is 12.8 Å². The molecule has 5 nitrogen and oxygen atoms in total. The number of carboxylic acids is 1. The van der Waals surface area contributed by atoms with Crippen LogP contribution < -0.4 is 4.74 Å². The standard InChI is InChI=1S/C13H11NO4/c1-17-9-4-2-3-8-7(9)5-6-10-11(8)12(13(15)16)14-18-10/h2-4H,5-6H2,1H3,(H,15,16). The van der Waals surface area contributed by atoms with Gasteiger partial charge in [0.1, 0.15) is 11.5 Å². The maximum absolute atomic E-state index is 11.1. The van der Waals surface area contributed by atoms with Gasteiger partial charge in [-0.25, -0.2) is 4.79 Å². The van der Waals surface area contributed by atoms with Gasteiger partial charge in [0.15, 0.2) is 5.69 Å². The highest BCUT2D eigenvalue weighted by atomic mass is 16.5. The van der Waals surface area contributed by atoms with Crippen LogP contribution in [0, 0.1) is 0 Å². The van der Waals surface area contributed by atoms with Gasteiger partial charge in [-0.3, -0.25) is 0 Å². The first-order valence-corrected chi connectivity index (χ1v) is 5.60. The van der Waals surface area contributed by atoms with Crippen molar-refractivity contribution in [2.75, 3.05) is 7.11 Å². The number of benzene rings is 1. The lowest BCUT2D eigenvalue weighted by atomic mass is 9.88. The van der Waals surface area contributed by atoms with E-state index in [0.29, 0.717) is 17.7 Å². The number of carboxylic acid groups (broad SMARTS) is 1. The van der Waals surface area contributed by atoms with Crippen LogP contribution in [0.1, 0.15) is 21.8 Å². The fourth-order valence-electron chi connectivity index (χ4n) is 2.41. The Bertz CT molecular complexity index is 630. The van der Waals surface area contributed by atoms with E-state index in [9.17, 15) is 4.79 Å². The third kappa shape index (κ3) is 1.40. The molecule has 1 aliphatic carbocycles. The summed E-state index contributed by atoms with van der Waals surface area (Å²) >= 11 is 0. The summed E-state index contributed by atoms with van der Waals surface area (Å²) in [6, 6.07) is 5.59. The predicted octanol–water partition coefficient (Wildman–Crippen LogP) is 2.15. The summed E-state index contributed by atoms with van der Waals surface area (Å²) in [5.74, 6) is 0.333. The van der Waals surface area contributed by atoms with Crippen molar-refractivity contribution in [1.82, 2.24) is 5.16 Å². The van der Waals surface area contributed by atoms with Crippen LogP contribution in [0.2, 0.25) is 0 Å². The molecule has 0 bridgehead atoms. The van der Waals surface area contributed by atoms with E-state index in [0.717, 1.165) is 23.3 Å². The maximum Gasteiger partial charge on any atom is 0.358 e. The summed E-state index contributed by atoms with van der Waals surface area (Å²) in [4.78, 5) is 11.1. The van der Waals surface area contributed by atoms with E-state index in [1.165, 1.54) is 0 Å². The molecule has 18 heavy (non-hydrogen) atoms. The number of methoxy groups -OCH3 is 1. The van der Waals surface area contributed by atoms with E-state index < -0.39 is 5.97 Å². The lowest BCUT2D eigenvalue weighted by Crippen LogP contribution is -2.07. The van der Waals surface area contributed by atoms with Crippen LogP contribution in [0.4, 0.5) is 0 Å². The van der Waals surface area contributed by atoms with Crippen molar-refractivity contribution in [2.24, 2.45) is 0 Å². The second kappa shape index (κ2) is 3.87. The summed E-state index contributed by atoms with van der Waals surface area (Å²) in [5.41, 5.74) is 2.41. The highest BCUT2D eigenvalue weighted by Crippen LogP contribution is 2.39. The lowest BCUT2D eigenvalue weighted by Gasteiger charge is -2.17. The highest BCUT2D eigenvalue weighted by Gasteiger charge is 2.29. The van der Waals surface area contributed by atoms with E-state index in [4.69, 9.17) is 14.4 Å². The van der Waals surface area contributed by atoms with Crippen molar-refractivity contribution in [3.63, 3.8) is 0 Å². The summed E-state index contributed by atoms with van der Waals surface area (Å²) in [7, 11) is 1.61. The fourth-order valence-corrected chi connectivity index (χ4v) is 2.41. The van der Waals surface area contributed by atoms with Gasteiger partial charge in [0.25, 0.3) is 0 Å². The molecule has 1 aromatic heterocycles. The molecular weight excluding hydrogens is 234 g/mol. The molecule has 0 spiro atoms. The monoisotopic (exact) mass is 245 g/mol. The van der Waals surface area contributed by atoms with Crippen LogP contribution in [0.25, 0.3) is 11.1 Å². The van der Waals surface area contributed by atoms with Gasteiger partial charge in [-0.05, 0) is 18.1 Å². The summed E-state index contributed by atoms with van der Waals surface area (Å²) in [6.07, 6.45) is 1.41. The Morgan fingerprint density at radius 1 is 1.44 bits per heavy atom. The molecule has 0 fully saturated rings. The minimum atomic E-state index is -1.07. The van der Waals surface area contributed by atoms with Crippen molar-refractivity contribution in [3.8, 4) is 16.9 Å². The Hall–Kier alpha value is -2.30. The Morgan fingerprint density at radius 3 is 3.00 bits per heavy atom. The van der Waals surface area contributed by atoms with E-state index in [1.54, 1.807) is 7.11 Å². The van der Waals surface area contributed by atoms with Crippen molar-refractivity contribution in [1.29, 1.82) is 0 Å². The summed E-state index contributed by atoms with van der Waals surface area (Å²) in [5, 5.41) is 12.8. The minimum Gasteiger partial charge on any atom is -0.496 e. The first kappa shape index (κ1) is 10.8. The average molecular weight is 245 g/mol.